The molecule has 0 saturated heterocycles. The molecule has 0 saturated carbocycles. The largest absolute Gasteiger partial charge is 0.481 e. The van der Waals surface area contributed by atoms with Crippen LogP contribution in [-0.2, 0) is 11.3 Å². The van der Waals surface area contributed by atoms with Crippen LogP contribution in [0.2, 0.25) is 0 Å². The Bertz CT molecular complexity index is 881. The van der Waals surface area contributed by atoms with Crippen LogP contribution in [0.15, 0.2) is 27.8 Å². The fourth-order valence-electron chi connectivity index (χ4n) is 2.39. The number of carboxylic acid groups (broad SMARTS) is 1. The van der Waals surface area contributed by atoms with Crippen molar-refractivity contribution in [2.24, 2.45) is 0 Å². The third kappa shape index (κ3) is 3.89. The number of carbonyl (C=O) groups is 2. The van der Waals surface area contributed by atoms with Crippen molar-refractivity contribution in [3.63, 3.8) is 0 Å². The van der Waals surface area contributed by atoms with Crippen LogP contribution >= 0.6 is 0 Å². The topological polar surface area (TPSA) is 121 Å². The highest BCUT2D eigenvalue weighted by Crippen LogP contribution is 2.09. The van der Waals surface area contributed by atoms with Gasteiger partial charge in [0, 0.05) is 25.1 Å². The van der Waals surface area contributed by atoms with E-state index in [0.717, 1.165) is 4.57 Å². The molecule has 3 N–H and O–H groups in total. The van der Waals surface area contributed by atoms with Crippen molar-refractivity contribution in [2.75, 3.05) is 6.54 Å². The Labute approximate surface area is 137 Å². The summed E-state index contributed by atoms with van der Waals surface area (Å²) in [7, 11) is 0. The van der Waals surface area contributed by atoms with Crippen molar-refractivity contribution < 1.29 is 14.7 Å². The number of rotatable bonds is 7. The van der Waals surface area contributed by atoms with Crippen LogP contribution in [0.4, 0.5) is 0 Å². The van der Waals surface area contributed by atoms with Crippen molar-refractivity contribution in [2.45, 2.75) is 32.7 Å². The number of aliphatic carboxylic acids is 1. The minimum atomic E-state index is -0.863. The molecule has 1 amide bonds. The monoisotopic (exact) mass is 333 g/mol. The Balaban J connectivity index is 2.13. The molecule has 8 heteroatoms. The average molecular weight is 333 g/mol. The Morgan fingerprint density at radius 2 is 2.00 bits per heavy atom. The van der Waals surface area contributed by atoms with Crippen molar-refractivity contribution in [1.29, 1.82) is 0 Å². The first kappa shape index (κ1) is 17.5. The van der Waals surface area contributed by atoms with Crippen LogP contribution in [0.1, 0.15) is 36.5 Å². The summed E-state index contributed by atoms with van der Waals surface area (Å²) in [6.45, 7) is 2.33. The Morgan fingerprint density at radius 1 is 1.25 bits per heavy atom. The second-order valence-corrected chi connectivity index (χ2v) is 5.35. The van der Waals surface area contributed by atoms with E-state index in [2.05, 4.69) is 10.3 Å². The third-order valence-electron chi connectivity index (χ3n) is 3.66. The first-order valence-electron chi connectivity index (χ1n) is 7.71. The van der Waals surface area contributed by atoms with E-state index in [-0.39, 0.29) is 18.9 Å². The number of aromatic nitrogens is 2. The molecule has 0 bridgehead atoms. The number of hydrogen-bond acceptors (Lipinski definition) is 4. The van der Waals surface area contributed by atoms with E-state index in [4.69, 9.17) is 5.11 Å². The lowest BCUT2D eigenvalue weighted by Gasteiger charge is -2.07. The summed E-state index contributed by atoms with van der Waals surface area (Å²) >= 11 is 0. The molecule has 0 radical (unpaired) electrons. The number of hydrogen-bond donors (Lipinski definition) is 3. The number of H-pyrrole nitrogens is 1. The zero-order chi connectivity index (χ0) is 17.7. The lowest BCUT2D eigenvalue weighted by molar-refractivity contribution is -0.137. The van der Waals surface area contributed by atoms with Gasteiger partial charge in [0.05, 0.1) is 10.9 Å². The molecule has 0 unspecified atom stereocenters. The third-order valence-corrected chi connectivity index (χ3v) is 3.66. The average Bonchev–Trinajstić information content (AvgIpc) is 2.53. The van der Waals surface area contributed by atoms with Crippen LogP contribution in [-0.4, -0.2) is 33.1 Å². The van der Waals surface area contributed by atoms with E-state index < -0.39 is 17.2 Å². The quantitative estimate of drug-likeness (QED) is 0.644. The second-order valence-electron chi connectivity index (χ2n) is 5.35. The number of fused-ring (bicyclic) bond motifs is 1. The van der Waals surface area contributed by atoms with Gasteiger partial charge in [-0.1, -0.05) is 0 Å². The van der Waals surface area contributed by atoms with Crippen LogP contribution in [0, 0.1) is 0 Å². The highest BCUT2D eigenvalue weighted by Gasteiger charge is 2.10. The normalized spacial score (nSPS) is 10.7. The van der Waals surface area contributed by atoms with Gasteiger partial charge in [0.1, 0.15) is 0 Å². The number of carbonyl (C=O) groups excluding carboxylic acids is 1. The van der Waals surface area contributed by atoms with Gasteiger partial charge in [-0.05, 0) is 38.0 Å². The van der Waals surface area contributed by atoms with E-state index in [1.165, 1.54) is 18.2 Å². The van der Waals surface area contributed by atoms with Gasteiger partial charge in [0.2, 0.25) is 0 Å². The zero-order valence-corrected chi connectivity index (χ0v) is 13.3. The summed E-state index contributed by atoms with van der Waals surface area (Å²) in [4.78, 5) is 49.1. The van der Waals surface area contributed by atoms with Crippen LogP contribution in [0.5, 0.6) is 0 Å². The summed E-state index contributed by atoms with van der Waals surface area (Å²) in [5.74, 6) is -1.20. The number of carboxylic acids is 1. The lowest BCUT2D eigenvalue weighted by Crippen LogP contribution is -2.34. The molecule has 8 nitrogen and oxygen atoms in total. The number of aromatic amines is 1. The second kappa shape index (κ2) is 7.58. The van der Waals surface area contributed by atoms with E-state index >= 15 is 0 Å². The van der Waals surface area contributed by atoms with E-state index in [1.54, 1.807) is 6.92 Å². The number of nitrogens with zero attached hydrogens (tertiary/aromatic N) is 1. The van der Waals surface area contributed by atoms with Crippen LogP contribution in [0.3, 0.4) is 0 Å². The predicted octanol–water partition coefficient (Wildman–Crippen LogP) is 0.694. The molecular weight excluding hydrogens is 314 g/mol. The Morgan fingerprint density at radius 3 is 2.67 bits per heavy atom. The van der Waals surface area contributed by atoms with Gasteiger partial charge in [-0.25, -0.2) is 4.79 Å². The van der Waals surface area contributed by atoms with Gasteiger partial charge < -0.3 is 15.4 Å². The number of unbranched alkanes of at least 4 members (excludes halogenated alkanes) is 1. The molecule has 1 aromatic heterocycles. The molecule has 2 rings (SSSR count). The Hall–Kier alpha value is -2.90. The maximum Gasteiger partial charge on any atom is 0.328 e. The molecule has 0 aliphatic heterocycles. The Kier molecular flexibility index (Phi) is 5.51. The van der Waals surface area contributed by atoms with E-state index in [1.807, 2.05) is 0 Å². The fraction of sp³-hybridized carbons (Fsp3) is 0.375. The number of nitrogens with one attached hydrogen (secondary N) is 2. The van der Waals surface area contributed by atoms with Crippen molar-refractivity contribution in [3.8, 4) is 0 Å². The molecule has 1 heterocycles. The van der Waals surface area contributed by atoms with Gasteiger partial charge in [0.15, 0.2) is 0 Å². The molecule has 128 valence electrons. The first-order chi connectivity index (χ1) is 11.4. The molecule has 0 aliphatic carbocycles. The molecular formula is C16H19N3O5. The van der Waals surface area contributed by atoms with Gasteiger partial charge >= 0.3 is 11.7 Å². The van der Waals surface area contributed by atoms with Crippen molar-refractivity contribution in [1.82, 2.24) is 14.9 Å². The van der Waals surface area contributed by atoms with Gasteiger partial charge in [-0.15, -0.1) is 0 Å². The molecule has 1 aromatic carbocycles. The molecule has 0 fully saturated rings. The predicted molar refractivity (Wildman–Crippen MR) is 88.3 cm³/mol. The summed E-state index contributed by atoms with van der Waals surface area (Å²) < 4.78 is 1.09. The smallest absolute Gasteiger partial charge is 0.328 e. The van der Waals surface area contributed by atoms with Gasteiger partial charge in [-0.2, -0.15) is 0 Å². The van der Waals surface area contributed by atoms with E-state index in [9.17, 15) is 19.2 Å². The lowest BCUT2D eigenvalue weighted by atomic mass is 10.1. The minimum Gasteiger partial charge on any atom is -0.481 e. The van der Waals surface area contributed by atoms with Crippen molar-refractivity contribution in [3.05, 3.63) is 44.6 Å². The number of amides is 1. The zero-order valence-electron chi connectivity index (χ0n) is 13.3. The standard InChI is InChI=1S/C16H19N3O5/c1-2-19-15(23)11-7-6-10(9-12(11)18-16(19)24)14(22)17-8-4-3-5-13(20)21/h6-7,9H,2-5,8H2,1H3,(H,17,22)(H,18,24)(H,20,21). The maximum absolute atomic E-state index is 12.2. The molecule has 2 aromatic rings. The molecule has 24 heavy (non-hydrogen) atoms. The molecule has 0 atom stereocenters. The number of benzene rings is 1. The fourth-order valence-corrected chi connectivity index (χ4v) is 2.39. The highest BCUT2D eigenvalue weighted by molar-refractivity contribution is 5.97. The first-order valence-corrected chi connectivity index (χ1v) is 7.71. The van der Waals surface area contributed by atoms with E-state index in [0.29, 0.717) is 35.9 Å². The van der Waals surface area contributed by atoms with Gasteiger partial charge in [-0.3, -0.25) is 19.0 Å². The maximum atomic E-state index is 12.2. The van der Waals surface area contributed by atoms with Gasteiger partial charge in [0.25, 0.3) is 11.5 Å². The highest BCUT2D eigenvalue weighted by atomic mass is 16.4. The summed E-state index contributed by atoms with van der Waals surface area (Å²) in [5.41, 5.74) is -0.267. The summed E-state index contributed by atoms with van der Waals surface area (Å²) in [5, 5.41) is 11.6. The van der Waals surface area contributed by atoms with Crippen molar-refractivity contribution >= 4 is 22.8 Å². The van der Waals surface area contributed by atoms with Crippen LogP contribution < -0.4 is 16.6 Å². The summed E-state index contributed by atoms with van der Waals surface area (Å²) in [6, 6.07) is 4.50. The summed E-state index contributed by atoms with van der Waals surface area (Å²) in [6.07, 6.45) is 1.11. The SMILES string of the molecule is CCn1c(=O)[nH]c2cc(C(=O)NCCCCC(=O)O)ccc2c1=O. The molecule has 0 spiro atoms. The molecule has 0 aliphatic rings. The van der Waals surface area contributed by atoms with Crippen LogP contribution in [0.25, 0.3) is 10.9 Å². The minimum absolute atomic E-state index is 0.0663.